The van der Waals surface area contributed by atoms with Crippen LogP contribution in [0.4, 0.5) is 0 Å². The zero-order valence-corrected chi connectivity index (χ0v) is 14.2. The van der Waals surface area contributed by atoms with Crippen LogP contribution >= 0.6 is 0 Å². The molecule has 2 heterocycles. The molecule has 5 fully saturated rings. The van der Waals surface area contributed by atoms with E-state index in [2.05, 4.69) is 13.0 Å². The van der Waals surface area contributed by atoms with Gasteiger partial charge in [0.2, 0.25) is 0 Å². The fraction of sp³-hybridized carbons (Fsp3) is 0.900. The Bertz CT molecular complexity index is 592. The number of allylic oxidation sites excluding steroid dienone is 1. The van der Waals surface area contributed by atoms with Crippen molar-refractivity contribution < 1.29 is 14.5 Å². The summed E-state index contributed by atoms with van der Waals surface area (Å²) in [5, 5.41) is 0. The molecule has 6 rings (SSSR count). The molecule has 2 aliphatic heterocycles. The van der Waals surface area contributed by atoms with E-state index >= 15 is 0 Å². The van der Waals surface area contributed by atoms with Crippen LogP contribution in [0, 0.1) is 17.3 Å². The standard InChI is InChI=1S/C20H28O3/c1-17-6-2-3-15(17)14-4-8-19-13-18(11-12-21-23-18)9-10-20(19,22-19)16(14)5-7-17/h5,14-15H,2-4,6-13H2,1H3/t14-,15-,17-,18?,19+,20+/m0/s1. The smallest absolute Gasteiger partial charge is 0.119 e. The molecule has 6 aliphatic rings. The van der Waals surface area contributed by atoms with Crippen LogP contribution in [0.15, 0.2) is 11.6 Å². The highest BCUT2D eigenvalue weighted by molar-refractivity contribution is 5.43. The molecule has 23 heavy (non-hydrogen) atoms. The molecule has 0 N–H and O–H groups in total. The third-order valence-corrected chi connectivity index (χ3v) is 8.64. The van der Waals surface area contributed by atoms with Gasteiger partial charge in [0.15, 0.2) is 0 Å². The lowest BCUT2D eigenvalue weighted by Gasteiger charge is -2.49. The van der Waals surface area contributed by atoms with Gasteiger partial charge in [-0.05, 0) is 67.8 Å². The molecule has 1 spiro atoms. The van der Waals surface area contributed by atoms with E-state index in [0.717, 1.165) is 44.1 Å². The number of hydrogen-bond donors (Lipinski definition) is 0. The summed E-state index contributed by atoms with van der Waals surface area (Å²) in [5.41, 5.74) is 2.44. The summed E-state index contributed by atoms with van der Waals surface area (Å²) in [5.74, 6) is 1.72. The average Bonchev–Trinajstić information content (AvgIpc) is 2.79. The Hall–Kier alpha value is -0.380. The Labute approximate surface area is 138 Å². The highest BCUT2D eigenvalue weighted by Gasteiger charge is 2.78. The molecule has 0 bridgehead atoms. The Kier molecular flexibility index (Phi) is 2.44. The van der Waals surface area contributed by atoms with Crippen molar-refractivity contribution in [1.82, 2.24) is 0 Å². The lowest BCUT2D eigenvalue weighted by Crippen LogP contribution is -2.50. The van der Waals surface area contributed by atoms with Gasteiger partial charge in [-0.2, -0.15) is 0 Å². The molecule has 126 valence electrons. The largest absolute Gasteiger partial charge is 0.358 e. The lowest BCUT2D eigenvalue weighted by atomic mass is 9.54. The molecule has 0 radical (unpaired) electrons. The molecule has 0 aromatic rings. The molecule has 1 unspecified atom stereocenters. The van der Waals surface area contributed by atoms with Crippen molar-refractivity contribution in [1.29, 1.82) is 0 Å². The molecule has 3 saturated carbocycles. The minimum atomic E-state index is -0.0378. The SMILES string of the molecule is C[C@]12CC=C3[C@@H](CC[C@@]45CC6(CCOO6)CC[C@@]34O5)[C@@H]1CCC2. The van der Waals surface area contributed by atoms with Crippen LogP contribution in [0.2, 0.25) is 0 Å². The lowest BCUT2D eigenvalue weighted by molar-refractivity contribution is -0.316. The minimum absolute atomic E-state index is 0.0378. The van der Waals surface area contributed by atoms with Crippen molar-refractivity contribution in [2.45, 2.75) is 87.9 Å². The first-order chi connectivity index (χ1) is 11.1. The Morgan fingerprint density at radius 2 is 2.04 bits per heavy atom. The summed E-state index contributed by atoms with van der Waals surface area (Å²) >= 11 is 0. The van der Waals surface area contributed by atoms with Crippen LogP contribution in [-0.4, -0.2) is 23.4 Å². The van der Waals surface area contributed by atoms with Crippen LogP contribution in [0.5, 0.6) is 0 Å². The second-order valence-electron chi connectivity index (χ2n) is 9.60. The zero-order chi connectivity index (χ0) is 15.3. The van der Waals surface area contributed by atoms with Crippen molar-refractivity contribution >= 4 is 0 Å². The summed E-state index contributed by atoms with van der Waals surface area (Å²) in [4.78, 5) is 11.0. The number of hydrogen-bond acceptors (Lipinski definition) is 3. The van der Waals surface area contributed by atoms with E-state index in [9.17, 15) is 0 Å². The van der Waals surface area contributed by atoms with Crippen molar-refractivity contribution in [2.75, 3.05) is 6.61 Å². The van der Waals surface area contributed by atoms with E-state index in [1.165, 1.54) is 38.5 Å². The van der Waals surface area contributed by atoms with Crippen molar-refractivity contribution in [3.63, 3.8) is 0 Å². The Balaban J connectivity index is 1.36. The van der Waals surface area contributed by atoms with E-state index in [1.54, 1.807) is 5.57 Å². The van der Waals surface area contributed by atoms with Gasteiger partial charge in [0.25, 0.3) is 0 Å². The van der Waals surface area contributed by atoms with Gasteiger partial charge in [0, 0.05) is 12.8 Å². The summed E-state index contributed by atoms with van der Waals surface area (Å²) in [6.45, 7) is 3.31. The van der Waals surface area contributed by atoms with Crippen LogP contribution in [0.25, 0.3) is 0 Å². The predicted molar refractivity (Wildman–Crippen MR) is 85.7 cm³/mol. The maximum absolute atomic E-state index is 6.65. The zero-order valence-electron chi connectivity index (χ0n) is 14.2. The van der Waals surface area contributed by atoms with E-state index in [4.69, 9.17) is 14.5 Å². The highest BCUT2D eigenvalue weighted by Crippen LogP contribution is 2.73. The second-order valence-corrected chi connectivity index (χ2v) is 9.60. The summed E-state index contributed by atoms with van der Waals surface area (Å²) in [6.07, 6.45) is 15.2. The molecule has 0 amide bonds. The minimum Gasteiger partial charge on any atom is -0.358 e. The fourth-order valence-electron chi connectivity index (χ4n) is 7.43. The second kappa shape index (κ2) is 4.05. The van der Waals surface area contributed by atoms with Gasteiger partial charge in [0.1, 0.15) is 16.8 Å². The third-order valence-electron chi connectivity index (χ3n) is 8.64. The number of rotatable bonds is 0. The number of ether oxygens (including phenoxy) is 1. The maximum atomic E-state index is 6.65. The van der Waals surface area contributed by atoms with Crippen LogP contribution < -0.4 is 0 Å². The molecular weight excluding hydrogens is 288 g/mol. The number of epoxide rings is 1. The monoisotopic (exact) mass is 316 g/mol. The van der Waals surface area contributed by atoms with Gasteiger partial charge in [-0.25, -0.2) is 9.78 Å². The Morgan fingerprint density at radius 1 is 1.09 bits per heavy atom. The quantitative estimate of drug-likeness (QED) is 0.379. The van der Waals surface area contributed by atoms with Crippen LogP contribution in [0.1, 0.15) is 71.1 Å². The molecule has 0 aromatic heterocycles. The maximum Gasteiger partial charge on any atom is 0.119 e. The van der Waals surface area contributed by atoms with E-state index in [1.807, 2.05) is 0 Å². The molecule has 0 aromatic carbocycles. The first-order valence-corrected chi connectivity index (χ1v) is 9.82. The molecule has 3 nitrogen and oxygen atoms in total. The first-order valence-electron chi connectivity index (χ1n) is 9.82. The summed E-state index contributed by atoms with van der Waals surface area (Å²) in [7, 11) is 0. The van der Waals surface area contributed by atoms with Crippen LogP contribution in [-0.2, 0) is 14.5 Å². The Morgan fingerprint density at radius 3 is 2.91 bits per heavy atom. The summed E-state index contributed by atoms with van der Waals surface area (Å²) in [6, 6.07) is 0. The molecule has 6 atom stereocenters. The fourth-order valence-corrected chi connectivity index (χ4v) is 7.43. The van der Waals surface area contributed by atoms with Gasteiger partial charge in [0.05, 0.1) is 6.61 Å². The average molecular weight is 316 g/mol. The number of fused-ring (bicyclic) bond motifs is 3. The molecule has 4 aliphatic carbocycles. The van der Waals surface area contributed by atoms with Gasteiger partial charge in [-0.3, -0.25) is 0 Å². The summed E-state index contributed by atoms with van der Waals surface area (Å²) < 4.78 is 6.65. The predicted octanol–water partition coefficient (Wildman–Crippen LogP) is 4.32. The van der Waals surface area contributed by atoms with Gasteiger partial charge in [-0.1, -0.05) is 19.4 Å². The molecular formula is C20H28O3. The van der Waals surface area contributed by atoms with E-state index in [0.29, 0.717) is 5.41 Å². The van der Waals surface area contributed by atoms with Gasteiger partial charge in [-0.15, -0.1) is 0 Å². The van der Waals surface area contributed by atoms with Crippen molar-refractivity contribution in [2.24, 2.45) is 17.3 Å². The van der Waals surface area contributed by atoms with Gasteiger partial charge >= 0.3 is 0 Å². The molecule has 2 saturated heterocycles. The highest BCUT2D eigenvalue weighted by atomic mass is 17.2. The topological polar surface area (TPSA) is 31.0 Å². The van der Waals surface area contributed by atoms with Gasteiger partial charge < -0.3 is 4.74 Å². The van der Waals surface area contributed by atoms with Crippen molar-refractivity contribution in [3.8, 4) is 0 Å². The van der Waals surface area contributed by atoms with Crippen molar-refractivity contribution in [3.05, 3.63) is 11.6 Å². The van der Waals surface area contributed by atoms with E-state index < -0.39 is 0 Å². The normalized spacial score (nSPS) is 59.8. The molecule has 3 heteroatoms. The first kappa shape index (κ1) is 13.9. The third kappa shape index (κ3) is 1.54. The van der Waals surface area contributed by atoms with Crippen LogP contribution in [0.3, 0.4) is 0 Å². The van der Waals surface area contributed by atoms with E-state index in [-0.39, 0.29) is 16.8 Å².